The fourth-order valence-electron chi connectivity index (χ4n) is 5.94. The van der Waals surface area contributed by atoms with Crippen LogP contribution in [0.25, 0.3) is 11.1 Å². The summed E-state index contributed by atoms with van der Waals surface area (Å²) in [6.45, 7) is 7.42. The van der Waals surface area contributed by atoms with Gasteiger partial charge in [-0.3, -0.25) is 9.59 Å². The molecule has 3 aromatic carbocycles. The molecule has 0 radical (unpaired) electrons. The van der Waals surface area contributed by atoms with Crippen molar-refractivity contribution in [3.8, 4) is 11.1 Å². The van der Waals surface area contributed by atoms with Crippen LogP contribution in [0.5, 0.6) is 0 Å². The largest absolute Gasteiger partial charge is 0.352 e. The number of rotatable bonds is 7. The van der Waals surface area contributed by atoms with Gasteiger partial charge >= 0.3 is 6.03 Å². The number of nitrogens with one attached hydrogen (secondary N) is 3. The van der Waals surface area contributed by atoms with Gasteiger partial charge in [-0.05, 0) is 97.9 Å². The highest BCUT2D eigenvalue weighted by atomic mass is 16.2. The molecule has 1 heterocycles. The highest BCUT2D eigenvalue weighted by Crippen LogP contribution is 2.47. The number of carbonyl (C=O) groups excluding carboxylic acids is 3. The molecule has 0 saturated heterocycles. The zero-order chi connectivity index (χ0) is 29.4. The summed E-state index contributed by atoms with van der Waals surface area (Å²) in [7, 11) is 0. The SMILES string of the molecule is CC(C)(C)NC(=O)N1CCc2c(-c3cccc(C(=O)NC4CC4)c3)ccc(CNC(=O)C3C[C@@H]3c3ccccc3)c2C1. The van der Waals surface area contributed by atoms with Crippen LogP contribution in [0.2, 0.25) is 0 Å². The van der Waals surface area contributed by atoms with Gasteiger partial charge in [0.1, 0.15) is 0 Å². The lowest BCUT2D eigenvalue weighted by molar-refractivity contribution is -0.122. The number of hydrogen-bond donors (Lipinski definition) is 3. The first-order chi connectivity index (χ1) is 20.2. The van der Waals surface area contributed by atoms with Crippen molar-refractivity contribution in [3.05, 3.63) is 94.5 Å². The first-order valence-electron chi connectivity index (χ1n) is 15.1. The normalized spacial score (nSPS) is 19.5. The summed E-state index contributed by atoms with van der Waals surface area (Å²) in [5.41, 5.74) is 6.87. The molecular weight excluding hydrogens is 524 g/mol. The predicted octanol–water partition coefficient (Wildman–Crippen LogP) is 5.53. The van der Waals surface area contributed by atoms with Crippen molar-refractivity contribution in [3.63, 3.8) is 0 Å². The van der Waals surface area contributed by atoms with Crippen molar-refractivity contribution in [2.24, 2.45) is 5.92 Å². The summed E-state index contributed by atoms with van der Waals surface area (Å²) < 4.78 is 0. The third-order valence-electron chi connectivity index (χ3n) is 8.43. The van der Waals surface area contributed by atoms with Crippen LogP contribution in [0.3, 0.4) is 0 Å². The van der Waals surface area contributed by atoms with E-state index in [1.807, 2.05) is 68.1 Å². The molecule has 7 heteroatoms. The van der Waals surface area contributed by atoms with Crippen molar-refractivity contribution in [2.75, 3.05) is 6.54 Å². The van der Waals surface area contributed by atoms with E-state index >= 15 is 0 Å². The van der Waals surface area contributed by atoms with Crippen LogP contribution in [0.4, 0.5) is 4.79 Å². The van der Waals surface area contributed by atoms with E-state index in [0.29, 0.717) is 37.7 Å². The van der Waals surface area contributed by atoms with Gasteiger partial charge in [-0.2, -0.15) is 0 Å². The van der Waals surface area contributed by atoms with Crippen LogP contribution in [0.15, 0.2) is 66.7 Å². The Hall–Kier alpha value is -4.13. The Labute approximate surface area is 248 Å². The zero-order valence-corrected chi connectivity index (χ0v) is 24.7. The lowest BCUT2D eigenvalue weighted by Crippen LogP contribution is -2.50. The molecule has 3 aromatic rings. The zero-order valence-electron chi connectivity index (χ0n) is 24.7. The minimum atomic E-state index is -0.336. The molecule has 42 heavy (non-hydrogen) atoms. The fraction of sp³-hybridized carbons (Fsp3) is 0.400. The number of fused-ring (bicyclic) bond motifs is 1. The minimum absolute atomic E-state index is 0.00101. The molecule has 2 aliphatic carbocycles. The summed E-state index contributed by atoms with van der Waals surface area (Å²) in [5, 5.41) is 9.36. The number of hydrogen-bond acceptors (Lipinski definition) is 3. The predicted molar refractivity (Wildman–Crippen MR) is 164 cm³/mol. The van der Waals surface area contributed by atoms with E-state index in [1.54, 1.807) is 0 Å². The second kappa shape index (κ2) is 11.3. The van der Waals surface area contributed by atoms with Gasteiger partial charge in [0.15, 0.2) is 0 Å². The summed E-state index contributed by atoms with van der Waals surface area (Å²) in [6.07, 6.45) is 3.66. The highest BCUT2D eigenvalue weighted by Gasteiger charge is 2.43. The highest BCUT2D eigenvalue weighted by molar-refractivity contribution is 5.96. The third-order valence-corrected chi connectivity index (χ3v) is 8.43. The Kier molecular flexibility index (Phi) is 7.52. The van der Waals surface area contributed by atoms with E-state index in [1.165, 1.54) is 11.1 Å². The van der Waals surface area contributed by atoms with Gasteiger partial charge in [0.05, 0.1) is 0 Å². The molecule has 4 amide bonds. The van der Waals surface area contributed by atoms with Crippen molar-refractivity contribution < 1.29 is 14.4 Å². The van der Waals surface area contributed by atoms with Gasteiger partial charge < -0.3 is 20.9 Å². The molecule has 0 bridgehead atoms. The van der Waals surface area contributed by atoms with Crippen molar-refractivity contribution in [1.29, 1.82) is 0 Å². The number of benzene rings is 3. The van der Waals surface area contributed by atoms with Crippen LogP contribution < -0.4 is 16.0 Å². The molecule has 2 fully saturated rings. The standard InChI is InChI=1S/C35H40N4O3/c1-35(2,3)38-34(42)39-17-16-28-27(23-10-7-11-24(18-23)32(40)37-26-13-14-26)15-12-25(31(28)21-39)20-36-33(41)30-19-29(30)22-8-5-4-6-9-22/h4-12,15,18,26,29-30H,13-14,16-17,19-21H2,1-3H3,(H,36,41)(H,37,40)(H,38,42)/t29-,30?/m1/s1. The molecule has 218 valence electrons. The fourth-order valence-corrected chi connectivity index (χ4v) is 5.94. The average molecular weight is 565 g/mol. The van der Waals surface area contributed by atoms with Gasteiger partial charge in [0.2, 0.25) is 5.91 Å². The molecule has 0 spiro atoms. The maximum atomic E-state index is 13.1. The Bertz CT molecular complexity index is 1510. The second-order valence-corrected chi connectivity index (χ2v) is 13.0. The molecule has 0 aromatic heterocycles. The Morgan fingerprint density at radius 2 is 1.71 bits per heavy atom. The summed E-state index contributed by atoms with van der Waals surface area (Å²) >= 11 is 0. The van der Waals surface area contributed by atoms with E-state index in [0.717, 1.165) is 41.5 Å². The van der Waals surface area contributed by atoms with E-state index in [2.05, 4.69) is 40.2 Å². The number of nitrogens with zero attached hydrogens (tertiary/aromatic N) is 1. The number of carbonyl (C=O) groups is 3. The van der Waals surface area contributed by atoms with Crippen LogP contribution in [0.1, 0.15) is 78.6 Å². The quantitative estimate of drug-likeness (QED) is 0.352. The van der Waals surface area contributed by atoms with E-state index in [4.69, 9.17) is 0 Å². The summed E-state index contributed by atoms with van der Waals surface area (Å²) in [4.78, 5) is 40.9. The van der Waals surface area contributed by atoms with E-state index in [9.17, 15) is 14.4 Å². The number of amides is 4. The monoisotopic (exact) mass is 564 g/mol. The van der Waals surface area contributed by atoms with Gasteiger partial charge in [0.25, 0.3) is 5.91 Å². The molecule has 2 saturated carbocycles. The summed E-state index contributed by atoms with van der Waals surface area (Å²) in [5.74, 6) is 0.324. The Morgan fingerprint density at radius 3 is 2.45 bits per heavy atom. The van der Waals surface area contributed by atoms with E-state index < -0.39 is 0 Å². The molecular formula is C35H40N4O3. The maximum Gasteiger partial charge on any atom is 0.318 e. The minimum Gasteiger partial charge on any atom is -0.352 e. The van der Waals surface area contributed by atoms with Crippen molar-refractivity contribution in [2.45, 2.75) is 77.0 Å². The molecule has 6 rings (SSSR count). The lowest BCUT2D eigenvalue weighted by Gasteiger charge is -2.34. The van der Waals surface area contributed by atoms with Crippen LogP contribution in [-0.2, 0) is 24.3 Å². The first-order valence-corrected chi connectivity index (χ1v) is 15.1. The lowest BCUT2D eigenvalue weighted by atomic mass is 9.87. The molecule has 2 atom stereocenters. The first kappa shape index (κ1) is 28.0. The smallest absolute Gasteiger partial charge is 0.318 e. The summed E-state index contributed by atoms with van der Waals surface area (Å²) in [6, 6.07) is 22.4. The van der Waals surface area contributed by atoms with Gasteiger partial charge in [-0.25, -0.2) is 4.79 Å². The Balaban J connectivity index is 1.25. The number of urea groups is 1. The van der Waals surface area contributed by atoms with Crippen LogP contribution in [0, 0.1) is 5.92 Å². The molecule has 1 aliphatic heterocycles. The molecule has 7 nitrogen and oxygen atoms in total. The molecule has 3 aliphatic rings. The van der Waals surface area contributed by atoms with Gasteiger partial charge in [-0.1, -0.05) is 54.6 Å². The average Bonchev–Trinajstić information content (AvgIpc) is 3.91. The van der Waals surface area contributed by atoms with Crippen LogP contribution >= 0.6 is 0 Å². The van der Waals surface area contributed by atoms with Crippen molar-refractivity contribution >= 4 is 17.8 Å². The maximum absolute atomic E-state index is 13.1. The van der Waals surface area contributed by atoms with Crippen molar-refractivity contribution in [1.82, 2.24) is 20.9 Å². The van der Waals surface area contributed by atoms with Gasteiger partial charge in [0, 0.05) is 42.7 Å². The van der Waals surface area contributed by atoms with Gasteiger partial charge in [-0.15, -0.1) is 0 Å². The molecule has 3 N–H and O–H groups in total. The molecule has 1 unspecified atom stereocenters. The second-order valence-electron chi connectivity index (χ2n) is 13.0. The van der Waals surface area contributed by atoms with E-state index in [-0.39, 0.29) is 35.2 Å². The van der Waals surface area contributed by atoms with Crippen LogP contribution in [-0.4, -0.2) is 40.9 Å². The Morgan fingerprint density at radius 1 is 0.929 bits per heavy atom. The topological polar surface area (TPSA) is 90.5 Å². The third kappa shape index (κ3) is 6.35.